The van der Waals surface area contributed by atoms with Crippen molar-refractivity contribution in [2.45, 2.75) is 23.6 Å². The Morgan fingerprint density at radius 1 is 1.14 bits per heavy atom. The van der Waals surface area contributed by atoms with Gasteiger partial charge in [0, 0.05) is 17.8 Å². The van der Waals surface area contributed by atoms with E-state index in [9.17, 15) is 9.90 Å². The van der Waals surface area contributed by atoms with Gasteiger partial charge in [0.05, 0.1) is 24.7 Å². The van der Waals surface area contributed by atoms with E-state index in [-0.39, 0.29) is 10.9 Å². The molecule has 1 N–H and O–H groups in total. The van der Waals surface area contributed by atoms with Crippen molar-refractivity contribution in [3.63, 3.8) is 0 Å². The molecule has 0 saturated carbocycles. The van der Waals surface area contributed by atoms with Crippen LogP contribution in [0.5, 0.6) is 17.4 Å². The van der Waals surface area contributed by atoms with Crippen molar-refractivity contribution >= 4 is 23.4 Å². The number of nitrogens with one attached hydrogen (secondary N) is 1. The lowest BCUT2D eigenvalue weighted by molar-refractivity contribution is -0.705. The highest BCUT2D eigenvalue weighted by Crippen LogP contribution is 2.30. The molecule has 29 heavy (non-hydrogen) atoms. The van der Waals surface area contributed by atoms with Gasteiger partial charge in [-0.05, 0) is 59.3 Å². The van der Waals surface area contributed by atoms with Gasteiger partial charge in [-0.1, -0.05) is 6.92 Å². The largest absolute Gasteiger partial charge is 0.538 e. The highest BCUT2D eigenvalue weighted by molar-refractivity contribution is 8.00. The SMILES string of the molecule is CCC(Sc1c([O-])on[n+]1-c1ccc(OC)cc1)C(=O)Nc1ccc(OC)cc1. The monoisotopic (exact) mass is 415 g/mol. The van der Waals surface area contributed by atoms with E-state index in [2.05, 4.69) is 10.6 Å². The Balaban J connectivity index is 1.77. The molecule has 1 unspecified atom stereocenters. The van der Waals surface area contributed by atoms with Gasteiger partial charge in [-0.15, -0.1) is 0 Å². The van der Waals surface area contributed by atoms with Crippen LogP contribution in [0, 0.1) is 0 Å². The van der Waals surface area contributed by atoms with Gasteiger partial charge in [0.1, 0.15) is 11.5 Å². The summed E-state index contributed by atoms with van der Waals surface area (Å²) in [5.41, 5.74) is 1.27. The number of methoxy groups -OCH3 is 2. The number of hydrogen-bond donors (Lipinski definition) is 1. The molecule has 9 heteroatoms. The molecule has 0 spiro atoms. The number of hydrogen-bond acceptors (Lipinski definition) is 7. The van der Waals surface area contributed by atoms with Crippen LogP contribution in [0.15, 0.2) is 58.1 Å². The molecule has 0 bridgehead atoms. The first-order valence-corrected chi connectivity index (χ1v) is 9.78. The van der Waals surface area contributed by atoms with Crippen LogP contribution in [0.1, 0.15) is 13.3 Å². The summed E-state index contributed by atoms with van der Waals surface area (Å²) in [6.45, 7) is 1.88. The molecule has 1 amide bonds. The van der Waals surface area contributed by atoms with Crippen LogP contribution in [0.2, 0.25) is 0 Å². The summed E-state index contributed by atoms with van der Waals surface area (Å²) in [6.07, 6.45) is 0.514. The van der Waals surface area contributed by atoms with Crippen molar-refractivity contribution in [3.8, 4) is 23.1 Å². The molecule has 0 radical (unpaired) electrons. The Labute approximate surface area is 172 Å². The number of anilines is 1. The van der Waals surface area contributed by atoms with Crippen LogP contribution < -0.4 is 24.6 Å². The van der Waals surface area contributed by atoms with E-state index in [0.29, 0.717) is 29.3 Å². The third-order valence-electron chi connectivity index (χ3n) is 4.16. The molecular weight excluding hydrogens is 394 g/mol. The van der Waals surface area contributed by atoms with Gasteiger partial charge in [-0.3, -0.25) is 4.79 Å². The van der Waals surface area contributed by atoms with Crippen molar-refractivity contribution < 1.29 is 28.6 Å². The number of rotatable bonds is 8. The lowest BCUT2D eigenvalue weighted by Crippen LogP contribution is -2.36. The molecule has 152 valence electrons. The first-order chi connectivity index (χ1) is 14.0. The molecule has 3 aromatic rings. The first-order valence-electron chi connectivity index (χ1n) is 8.90. The summed E-state index contributed by atoms with van der Waals surface area (Å²) in [5, 5.41) is 18.6. The fourth-order valence-corrected chi connectivity index (χ4v) is 3.55. The molecule has 0 saturated heterocycles. The average molecular weight is 415 g/mol. The Hall–Kier alpha value is -3.20. The molecule has 1 atom stereocenters. The maximum absolute atomic E-state index is 12.7. The number of carbonyl (C=O) groups excluding carboxylic acids is 1. The quantitative estimate of drug-likeness (QED) is 0.446. The third-order valence-corrected chi connectivity index (χ3v) is 5.56. The van der Waals surface area contributed by atoms with E-state index in [1.165, 1.54) is 4.68 Å². The zero-order chi connectivity index (χ0) is 20.8. The Kier molecular flexibility index (Phi) is 6.61. The molecule has 0 aliphatic heterocycles. The fraction of sp³-hybridized carbons (Fsp3) is 0.250. The van der Waals surface area contributed by atoms with E-state index < -0.39 is 11.2 Å². The van der Waals surface area contributed by atoms with Crippen molar-refractivity contribution in [2.75, 3.05) is 19.5 Å². The van der Waals surface area contributed by atoms with Gasteiger partial charge >= 0.3 is 0 Å². The number of ether oxygens (including phenoxy) is 2. The maximum atomic E-state index is 12.7. The Morgan fingerprint density at radius 2 is 1.72 bits per heavy atom. The van der Waals surface area contributed by atoms with Crippen LogP contribution in [0.3, 0.4) is 0 Å². The summed E-state index contributed by atoms with van der Waals surface area (Å²) in [7, 11) is 3.15. The number of nitrogens with zero attached hydrogens (tertiary/aromatic N) is 2. The zero-order valence-corrected chi connectivity index (χ0v) is 17.1. The molecule has 0 aliphatic rings. The van der Waals surface area contributed by atoms with Crippen molar-refractivity contribution in [3.05, 3.63) is 48.5 Å². The highest BCUT2D eigenvalue weighted by atomic mass is 32.2. The predicted octanol–water partition coefficient (Wildman–Crippen LogP) is 2.55. The predicted molar refractivity (Wildman–Crippen MR) is 106 cm³/mol. The van der Waals surface area contributed by atoms with Gasteiger partial charge < -0.3 is 24.4 Å². The minimum Gasteiger partial charge on any atom is -0.538 e. The zero-order valence-electron chi connectivity index (χ0n) is 16.2. The summed E-state index contributed by atoms with van der Waals surface area (Å²) in [6, 6.07) is 14.0. The Morgan fingerprint density at radius 3 is 2.28 bits per heavy atom. The third kappa shape index (κ3) is 4.80. The maximum Gasteiger partial charge on any atom is 0.298 e. The molecule has 2 aromatic carbocycles. The molecule has 3 rings (SSSR count). The first kappa shape index (κ1) is 20.5. The van der Waals surface area contributed by atoms with Gasteiger partial charge in [0.25, 0.3) is 5.03 Å². The summed E-state index contributed by atoms with van der Waals surface area (Å²) in [4.78, 5) is 12.7. The summed E-state index contributed by atoms with van der Waals surface area (Å²) in [5.74, 6) is 0.566. The molecule has 1 aromatic heterocycles. The number of aromatic nitrogens is 2. The lowest BCUT2D eigenvalue weighted by atomic mass is 10.2. The van der Waals surface area contributed by atoms with E-state index >= 15 is 0 Å². The van der Waals surface area contributed by atoms with Crippen LogP contribution >= 0.6 is 11.8 Å². The molecule has 0 aliphatic carbocycles. The number of carbonyl (C=O) groups is 1. The Bertz CT molecular complexity index is 957. The number of amides is 1. The van der Waals surface area contributed by atoms with Crippen LogP contribution in [0.4, 0.5) is 5.69 Å². The second kappa shape index (κ2) is 9.33. The van der Waals surface area contributed by atoms with Crippen molar-refractivity contribution in [1.82, 2.24) is 5.27 Å². The summed E-state index contributed by atoms with van der Waals surface area (Å²) < 4.78 is 16.5. The van der Waals surface area contributed by atoms with Crippen LogP contribution in [-0.4, -0.2) is 30.6 Å². The van der Waals surface area contributed by atoms with Gasteiger partial charge in [0.2, 0.25) is 11.6 Å². The molecule has 1 heterocycles. The molecular formula is C20H21N3O5S. The standard InChI is InChI=1S/C20H21N3O5S/c1-4-17(18(24)21-13-5-9-15(26-2)10-6-13)29-19-20(25)28-22-23(19)14-7-11-16(27-3)12-8-14/h5-12,17H,4H2,1-3H3,(H-,21,22,24,25). The second-order valence-electron chi connectivity index (χ2n) is 6.01. The van der Waals surface area contributed by atoms with Crippen LogP contribution in [-0.2, 0) is 4.79 Å². The molecule has 8 nitrogen and oxygen atoms in total. The second-order valence-corrected chi connectivity index (χ2v) is 7.20. The van der Waals surface area contributed by atoms with Gasteiger partial charge in [-0.25, -0.2) is 0 Å². The molecule has 0 fully saturated rings. The topological polar surface area (TPSA) is 101 Å². The number of benzene rings is 2. The minimum atomic E-state index is -0.596. The number of thioether (sulfide) groups is 1. The van der Waals surface area contributed by atoms with Crippen molar-refractivity contribution in [1.29, 1.82) is 0 Å². The smallest absolute Gasteiger partial charge is 0.298 e. The van der Waals surface area contributed by atoms with Crippen LogP contribution in [0.25, 0.3) is 5.69 Å². The van der Waals surface area contributed by atoms with Crippen molar-refractivity contribution in [2.24, 2.45) is 0 Å². The highest BCUT2D eigenvalue weighted by Gasteiger charge is 2.28. The van der Waals surface area contributed by atoms with E-state index in [0.717, 1.165) is 11.8 Å². The van der Waals surface area contributed by atoms with E-state index in [1.54, 1.807) is 62.8 Å². The summed E-state index contributed by atoms with van der Waals surface area (Å²) >= 11 is 1.11. The van der Waals surface area contributed by atoms with Gasteiger partial charge in [0.15, 0.2) is 5.95 Å². The van der Waals surface area contributed by atoms with Gasteiger partial charge in [-0.2, -0.15) is 0 Å². The fourth-order valence-electron chi connectivity index (χ4n) is 2.58. The van der Waals surface area contributed by atoms with E-state index in [1.807, 2.05) is 6.92 Å². The lowest BCUT2D eigenvalue weighted by Gasteiger charge is -2.13. The normalized spacial score (nSPS) is 11.7. The minimum absolute atomic E-state index is 0.218. The van der Waals surface area contributed by atoms with E-state index in [4.69, 9.17) is 14.0 Å². The average Bonchev–Trinajstić information content (AvgIpc) is 3.12.